The van der Waals surface area contributed by atoms with Crippen LogP contribution in [0.15, 0.2) is 16.8 Å². The first-order valence-electron chi connectivity index (χ1n) is 7.45. The molecule has 1 unspecified atom stereocenters. The summed E-state index contributed by atoms with van der Waals surface area (Å²) in [5.41, 5.74) is 6.54. The molecule has 0 radical (unpaired) electrons. The lowest BCUT2D eigenvalue weighted by Crippen LogP contribution is -2.40. The fourth-order valence-electron chi connectivity index (χ4n) is 2.88. The van der Waals surface area contributed by atoms with Crippen molar-refractivity contribution in [1.29, 1.82) is 0 Å². The van der Waals surface area contributed by atoms with Gasteiger partial charge in [0.2, 0.25) is 11.8 Å². The van der Waals surface area contributed by atoms with Crippen molar-refractivity contribution in [3.63, 3.8) is 0 Å². The second kappa shape index (κ2) is 6.15. The van der Waals surface area contributed by atoms with Gasteiger partial charge >= 0.3 is 0 Å². The first-order valence-corrected chi connectivity index (χ1v) is 8.40. The predicted molar refractivity (Wildman–Crippen MR) is 81.6 cm³/mol. The van der Waals surface area contributed by atoms with Crippen molar-refractivity contribution in [2.24, 2.45) is 11.7 Å². The van der Waals surface area contributed by atoms with Crippen molar-refractivity contribution >= 4 is 23.2 Å². The van der Waals surface area contributed by atoms with E-state index in [1.165, 1.54) is 5.56 Å². The molecule has 2 amide bonds. The van der Waals surface area contributed by atoms with Crippen LogP contribution < -0.4 is 5.73 Å². The minimum absolute atomic E-state index is 0.0935. The molecule has 1 aromatic heterocycles. The van der Waals surface area contributed by atoms with Crippen LogP contribution in [-0.4, -0.2) is 47.3 Å². The molecule has 1 aliphatic heterocycles. The molecule has 2 aliphatic rings. The Morgan fingerprint density at radius 2 is 2.19 bits per heavy atom. The molecule has 1 aliphatic carbocycles. The number of carbonyl (C=O) groups excluding carboxylic acids is 2. The van der Waals surface area contributed by atoms with Gasteiger partial charge in [-0.1, -0.05) is 0 Å². The van der Waals surface area contributed by atoms with E-state index in [2.05, 4.69) is 16.3 Å². The number of likely N-dealkylation sites (tertiary alicyclic amines) is 1. The Hall–Kier alpha value is -1.40. The van der Waals surface area contributed by atoms with Crippen LogP contribution in [0.1, 0.15) is 24.8 Å². The van der Waals surface area contributed by atoms with Gasteiger partial charge in [-0.25, -0.2) is 0 Å². The van der Waals surface area contributed by atoms with Gasteiger partial charge in [-0.2, -0.15) is 11.3 Å². The van der Waals surface area contributed by atoms with Gasteiger partial charge in [-0.3, -0.25) is 14.5 Å². The highest BCUT2D eigenvalue weighted by molar-refractivity contribution is 7.07. The summed E-state index contributed by atoms with van der Waals surface area (Å²) < 4.78 is 0. The van der Waals surface area contributed by atoms with Crippen molar-refractivity contribution in [3.8, 4) is 0 Å². The molecule has 1 saturated carbocycles. The fourth-order valence-corrected chi connectivity index (χ4v) is 3.54. The van der Waals surface area contributed by atoms with Gasteiger partial charge in [0.05, 0.1) is 12.5 Å². The summed E-state index contributed by atoms with van der Waals surface area (Å²) >= 11 is 1.66. The van der Waals surface area contributed by atoms with Gasteiger partial charge in [-0.15, -0.1) is 0 Å². The third-order valence-electron chi connectivity index (χ3n) is 4.27. The number of carbonyl (C=O) groups is 2. The third-order valence-corrected chi connectivity index (χ3v) is 5.01. The average molecular weight is 307 g/mol. The Kier molecular flexibility index (Phi) is 4.26. The van der Waals surface area contributed by atoms with E-state index < -0.39 is 0 Å². The highest BCUT2D eigenvalue weighted by Crippen LogP contribution is 2.29. The van der Waals surface area contributed by atoms with Gasteiger partial charge in [0, 0.05) is 19.1 Å². The molecule has 0 spiro atoms. The van der Waals surface area contributed by atoms with Crippen molar-refractivity contribution in [2.45, 2.75) is 31.8 Å². The molecule has 2 fully saturated rings. The lowest BCUT2D eigenvalue weighted by Gasteiger charge is -2.25. The molecular weight excluding hydrogens is 286 g/mol. The predicted octanol–water partition coefficient (Wildman–Crippen LogP) is 1.05. The van der Waals surface area contributed by atoms with Crippen LogP contribution in [0, 0.1) is 5.92 Å². The van der Waals surface area contributed by atoms with E-state index in [9.17, 15) is 9.59 Å². The molecule has 1 saturated heterocycles. The Bertz CT molecular complexity index is 513. The Morgan fingerprint density at radius 3 is 2.76 bits per heavy atom. The molecule has 3 rings (SSSR count). The number of thiophene rings is 1. The molecule has 6 heteroatoms. The number of nitrogens with zero attached hydrogens (tertiary/aromatic N) is 2. The van der Waals surface area contributed by atoms with E-state index in [4.69, 9.17) is 5.73 Å². The van der Waals surface area contributed by atoms with Crippen LogP contribution in [0.25, 0.3) is 0 Å². The summed E-state index contributed by atoms with van der Waals surface area (Å²) in [7, 11) is 0. The zero-order chi connectivity index (χ0) is 14.8. The molecule has 0 bridgehead atoms. The molecule has 0 aromatic carbocycles. The van der Waals surface area contributed by atoms with Gasteiger partial charge in [-0.05, 0) is 48.2 Å². The third kappa shape index (κ3) is 3.63. The lowest BCUT2D eigenvalue weighted by molar-refractivity contribution is -0.133. The average Bonchev–Trinajstić information content (AvgIpc) is 2.97. The molecule has 2 heterocycles. The Morgan fingerprint density at radius 1 is 1.38 bits per heavy atom. The summed E-state index contributed by atoms with van der Waals surface area (Å²) in [5, 5.41) is 4.14. The van der Waals surface area contributed by atoms with Gasteiger partial charge < -0.3 is 10.6 Å². The summed E-state index contributed by atoms with van der Waals surface area (Å²) in [6.07, 6.45) is 3.00. The Balaban J connectivity index is 1.56. The molecule has 1 atom stereocenters. The van der Waals surface area contributed by atoms with Gasteiger partial charge in [0.25, 0.3) is 0 Å². The number of hydrogen-bond acceptors (Lipinski definition) is 4. The minimum Gasteiger partial charge on any atom is -0.369 e. The van der Waals surface area contributed by atoms with Gasteiger partial charge in [0.1, 0.15) is 0 Å². The SMILES string of the molecule is NC(=O)C1CCN(CC(=O)N(Cc2ccsc2)C2CC2)C1. The largest absolute Gasteiger partial charge is 0.369 e. The smallest absolute Gasteiger partial charge is 0.237 e. The van der Waals surface area contributed by atoms with Crippen LogP contribution in [0.4, 0.5) is 0 Å². The van der Waals surface area contributed by atoms with E-state index >= 15 is 0 Å². The fraction of sp³-hybridized carbons (Fsp3) is 0.600. The summed E-state index contributed by atoms with van der Waals surface area (Å²) in [5.74, 6) is -0.167. The van der Waals surface area contributed by atoms with E-state index in [1.54, 1.807) is 11.3 Å². The lowest BCUT2D eigenvalue weighted by atomic mass is 10.1. The number of hydrogen-bond donors (Lipinski definition) is 1. The van der Waals surface area contributed by atoms with Crippen molar-refractivity contribution in [1.82, 2.24) is 9.80 Å². The van der Waals surface area contributed by atoms with Crippen LogP contribution in [0.3, 0.4) is 0 Å². The van der Waals surface area contributed by atoms with E-state index in [0.717, 1.165) is 25.8 Å². The molecule has 2 N–H and O–H groups in total. The molecular formula is C15H21N3O2S. The molecule has 5 nitrogen and oxygen atoms in total. The molecule has 1 aromatic rings. The number of rotatable bonds is 6. The van der Waals surface area contributed by atoms with E-state index in [0.29, 0.717) is 25.7 Å². The topological polar surface area (TPSA) is 66.6 Å². The zero-order valence-corrected chi connectivity index (χ0v) is 12.8. The van der Waals surface area contributed by atoms with E-state index in [1.807, 2.05) is 10.3 Å². The van der Waals surface area contributed by atoms with Crippen molar-refractivity contribution < 1.29 is 9.59 Å². The number of nitrogens with two attached hydrogens (primary N) is 1. The molecule has 21 heavy (non-hydrogen) atoms. The summed E-state index contributed by atoms with van der Waals surface area (Å²) in [6.45, 7) is 2.53. The Labute approximate surface area is 128 Å². The van der Waals surface area contributed by atoms with Crippen molar-refractivity contribution in [2.75, 3.05) is 19.6 Å². The highest BCUT2D eigenvalue weighted by Gasteiger charge is 2.34. The van der Waals surface area contributed by atoms with Crippen LogP contribution in [0.5, 0.6) is 0 Å². The van der Waals surface area contributed by atoms with Crippen molar-refractivity contribution in [3.05, 3.63) is 22.4 Å². The van der Waals surface area contributed by atoms with Crippen LogP contribution in [0.2, 0.25) is 0 Å². The van der Waals surface area contributed by atoms with Gasteiger partial charge in [0.15, 0.2) is 0 Å². The number of primary amides is 1. The summed E-state index contributed by atoms with van der Waals surface area (Å²) in [6, 6.07) is 2.48. The highest BCUT2D eigenvalue weighted by atomic mass is 32.1. The second-order valence-corrected chi connectivity index (χ2v) is 6.79. The first kappa shape index (κ1) is 14.5. The standard InChI is InChI=1S/C15H21N3O2S/c16-15(20)12-3-5-17(8-12)9-14(19)18(13-1-2-13)7-11-4-6-21-10-11/h4,6,10,12-13H,1-3,5,7-9H2,(H2,16,20). The first-order chi connectivity index (χ1) is 10.1. The zero-order valence-electron chi connectivity index (χ0n) is 12.0. The van der Waals surface area contributed by atoms with E-state index in [-0.39, 0.29) is 17.7 Å². The maximum absolute atomic E-state index is 12.6. The summed E-state index contributed by atoms with van der Waals surface area (Å²) in [4.78, 5) is 27.8. The maximum Gasteiger partial charge on any atom is 0.237 e. The van der Waals surface area contributed by atoms with Crippen LogP contribution in [-0.2, 0) is 16.1 Å². The normalized spacial score (nSPS) is 22.4. The maximum atomic E-state index is 12.6. The second-order valence-electron chi connectivity index (χ2n) is 6.01. The minimum atomic E-state index is -0.248. The van der Waals surface area contributed by atoms with Crippen LogP contribution >= 0.6 is 11.3 Å². The molecule has 114 valence electrons. The number of amides is 2. The monoisotopic (exact) mass is 307 g/mol. The quantitative estimate of drug-likeness (QED) is 0.854.